The summed E-state index contributed by atoms with van der Waals surface area (Å²) in [5, 5.41) is 20.9. The highest BCUT2D eigenvalue weighted by Crippen LogP contribution is 2.19. The molecule has 0 aromatic heterocycles. The average molecular weight is 463 g/mol. The summed E-state index contributed by atoms with van der Waals surface area (Å²) in [7, 11) is 0. The summed E-state index contributed by atoms with van der Waals surface area (Å²) in [4.78, 5) is 34.8. The first-order valence-corrected chi connectivity index (χ1v) is 10.7. The molecule has 0 atom stereocenters. The molecule has 0 aliphatic heterocycles. The maximum atomic E-state index is 12.4. The highest BCUT2D eigenvalue weighted by atomic mass is 16.5. The Morgan fingerprint density at radius 3 is 1.94 bits per heavy atom. The zero-order valence-corrected chi connectivity index (χ0v) is 18.4. The number of benzene rings is 3. The summed E-state index contributed by atoms with van der Waals surface area (Å²) in [6, 6.07) is 20.2. The van der Waals surface area contributed by atoms with Crippen LogP contribution in [0.4, 0.5) is 5.69 Å². The van der Waals surface area contributed by atoms with Gasteiger partial charge in [0.1, 0.15) is 11.5 Å². The summed E-state index contributed by atoms with van der Waals surface area (Å²) >= 11 is 0. The van der Waals surface area contributed by atoms with Gasteiger partial charge in [-0.2, -0.15) is 0 Å². The molecule has 0 fully saturated rings. The minimum absolute atomic E-state index is 0.0246. The second-order valence-electron chi connectivity index (χ2n) is 7.46. The van der Waals surface area contributed by atoms with Crippen molar-refractivity contribution in [3.63, 3.8) is 0 Å². The van der Waals surface area contributed by atoms with E-state index in [0.717, 1.165) is 30.2 Å². The number of carbonyl (C=O) groups excluding carboxylic acids is 1. The molecule has 0 saturated carbocycles. The molecule has 3 N–H and O–H groups in total. The first kappa shape index (κ1) is 24.3. The van der Waals surface area contributed by atoms with Gasteiger partial charge in [0.15, 0.2) is 0 Å². The number of anilines is 1. The lowest BCUT2D eigenvalue weighted by atomic mass is 10.1. The van der Waals surface area contributed by atoms with Gasteiger partial charge < -0.3 is 25.0 Å². The van der Waals surface area contributed by atoms with Crippen molar-refractivity contribution in [1.82, 2.24) is 0 Å². The van der Waals surface area contributed by atoms with Crippen molar-refractivity contribution in [3.05, 3.63) is 89.5 Å². The Hall–Kier alpha value is -4.33. The van der Waals surface area contributed by atoms with Crippen LogP contribution in [0.2, 0.25) is 0 Å². The number of carbonyl (C=O) groups is 3. The number of aromatic carboxylic acids is 2. The highest BCUT2D eigenvalue weighted by molar-refractivity contribution is 6.03. The van der Waals surface area contributed by atoms with Crippen LogP contribution < -0.4 is 14.8 Å². The predicted octanol–water partition coefficient (Wildman–Crippen LogP) is 4.50. The highest BCUT2D eigenvalue weighted by Gasteiger charge is 2.16. The molecule has 0 saturated heterocycles. The number of rotatable bonds is 12. The minimum atomic E-state index is -1.33. The van der Waals surface area contributed by atoms with E-state index in [1.165, 1.54) is 12.1 Å². The van der Waals surface area contributed by atoms with Crippen molar-refractivity contribution in [2.24, 2.45) is 0 Å². The van der Waals surface area contributed by atoms with Crippen molar-refractivity contribution < 1.29 is 34.1 Å². The predicted molar refractivity (Wildman–Crippen MR) is 126 cm³/mol. The quantitative estimate of drug-likeness (QED) is 0.338. The number of para-hydroxylation sites is 1. The van der Waals surface area contributed by atoms with Crippen molar-refractivity contribution in [3.8, 4) is 11.5 Å². The van der Waals surface area contributed by atoms with E-state index in [-0.39, 0.29) is 23.2 Å². The van der Waals surface area contributed by atoms with E-state index in [1.807, 2.05) is 30.3 Å². The van der Waals surface area contributed by atoms with Gasteiger partial charge in [-0.25, -0.2) is 9.59 Å². The van der Waals surface area contributed by atoms with Crippen LogP contribution in [0.3, 0.4) is 0 Å². The van der Waals surface area contributed by atoms with Crippen molar-refractivity contribution in [1.29, 1.82) is 0 Å². The zero-order valence-electron chi connectivity index (χ0n) is 18.4. The lowest BCUT2D eigenvalue weighted by Crippen LogP contribution is -2.17. The van der Waals surface area contributed by atoms with Crippen LogP contribution in [-0.2, 0) is 11.2 Å². The molecule has 176 valence electrons. The molecule has 0 bridgehead atoms. The van der Waals surface area contributed by atoms with E-state index in [2.05, 4.69) is 5.32 Å². The van der Waals surface area contributed by atoms with E-state index in [1.54, 1.807) is 24.3 Å². The van der Waals surface area contributed by atoms with Crippen molar-refractivity contribution >= 4 is 23.5 Å². The topological polar surface area (TPSA) is 122 Å². The lowest BCUT2D eigenvalue weighted by molar-refractivity contribution is -0.115. The average Bonchev–Trinajstić information content (AvgIpc) is 2.83. The smallest absolute Gasteiger partial charge is 0.337 e. The summed E-state index contributed by atoms with van der Waals surface area (Å²) < 4.78 is 11.4. The van der Waals surface area contributed by atoms with Crippen LogP contribution in [-0.4, -0.2) is 41.3 Å². The fourth-order valence-corrected chi connectivity index (χ4v) is 3.15. The van der Waals surface area contributed by atoms with Gasteiger partial charge in [-0.05, 0) is 60.9 Å². The normalized spacial score (nSPS) is 10.4. The molecular formula is C26H25NO7. The third-order valence-electron chi connectivity index (χ3n) is 4.88. The first-order valence-electron chi connectivity index (χ1n) is 10.7. The van der Waals surface area contributed by atoms with Gasteiger partial charge in [-0.15, -0.1) is 0 Å². The second kappa shape index (κ2) is 12.1. The van der Waals surface area contributed by atoms with Gasteiger partial charge in [0.05, 0.1) is 36.4 Å². The SMILES string of the molecule is O=C(Cc1ccc(OCCCCOc2ccccc2)cc1)Nc1ccc(C(=O)O)cc1C(=O)O. The van der Waals surface area contributed by atoms with Crippen molar-refractivity contribution in [2.45, 2.75) is 19.3 Å². The van der Waals surface area contributed by atoms with Crippen LogP contribution >= 0.6 is 0 Å². The Bertz CT molecular complexity index is 1130. The fourth-order valence-electron chi connectivity index (χ4n) is 3.15. The summed E-state index contributed by atoms with van der Waals surface area (Å²) in [6.45, 7) is 1.16. The molecule has 0 unspecified atom stereocenters. The third-order valence-corrected chi connectivity index (χ3v) is 4.88. The standard InChI is InChI=1S/C26H25NO7/c28-24(27-23-13-10-19(25(29)30)17-22(23)26(31)32)16-18-8-11-21(12-9-18)34-15-5-4-14-33-20-6-2-1-3-7-20/h1-3,6-13,17H,4-5,14-16H2,(H,27,28)(H,29,30)(H,31,32). The van der Waals surface area contributed by atoms with Gasteiger partial charge in [0, 0.05) is 0 Å². The molecular weight excluding hydrogens is 438 g/mol. The fraction of sp³-hybridized carbons (Fsp3) is 0.192. The van der Waals surface area contributed by atoms with Crippen LogP contribution in [0.5, 0.6) is 11.5 Å². The van der Waals surface area contributed by atoms with Crippen molar-refractivity contribution in [2.75, 3.05) is 18.5 Å². The van der Waals surface area contributed by atoms with E-state index in [9.17, 15) is 19.5 Å². The Morgan fingerprint density at radius 2 is 1.35 bits per heavy atom. The molecule has 0 aliphatic rings. The number of carboxylic acids is 2. The number of carboxylic acid groups (broad SMARTS) is 2. The third kappa shape index (κ3) is 7.37. The summed E-state index contributed by atoms with van der Waals surface area (Å²) in [5.41, 5.74) is 0.305. The summed E-state index contributed by atoms with van der Waals surface area (Å²) in [5.74, 6) is -1.46. The van der Waals surface area contributed by atoms with E-state index < -0.39 is 17.8 Å². The number of unbranched alkanes of at least 4 members (excludes halogenated alkanes) is 1. The number of hydrogen-bond donors (Lipinski definition) is 3. The molecule has 0 radical (unpaired) electrons. The van der Waals surface area contributed by atoms with Crippen LogP contribution in [0, 0.1) is 0 Å². The molecule has 3 aromatic carbocycles. The maximum Gasteiger partial charge on any atom is 0.337 e. The van der Waals surface area contributed by atoms with Crippen LogP contribution in [0.25, 0.3) is 0 Å². The van der Waals surface area contributed by atoms with Gasteiger partial charge in [0.25, 0.3) is 0 Å². The lowest BCUT2D eigenvalue weighted by Gasteiger charge is -2.10. The molecule has 34 heavy (non-hydrogen) atoms. The molecule has 0 spiro atoms. The van der Waals surface area contributed by atoms with E-state index >= 15 is 0 Å². The van der Waals surface area contributed by atoms with Gasteiger partial charge in [-0.1, -0.05) is 30.3 Å². The number of nitrogens with one attached hydrogen (secondary N) is 1. The molecule has 1 amide bonds. The Labute approximate surface area is 196 Å². The maximum absolute atomic E-state index is 12.4. The summed E-state index contributed by atoms with van der Waals surface area (Å²) in [6.07, 6.45) is 1.72. The van der Waals surface area contributed by atoms with Gasteiger partial charge in [0.2, 0.25) is 5.91 Å². The van der Waals surface area contributed by atoms with Crippen LogP contribution in [0.15, 0.2) is 72.8 Å². The van der Waals surface area contributed by atoms with Crippen LogP contribution in [0.1, 0.15) is 39.1 Å². The molecule has 0 aliphatic carbocycles. The largest absolute Gasteiger partial charge is 0.494 e. The second-order valence-corrected chi connectivity index (χ2v) is 7.46. The molecule has 3 aromatic rings. The molecule has 8 nitrogen and oxygen atoms in total. The van der Waals surface area contributed by atoms with Gasteiger partial charge >= 0.3 is 11.9 Å². The molecule has 0 heterocycles. The van der Waals surface area contributed by atoms with E-state index in [0.29, 0.717) is 19.0 Å². The first-order chi connectivity index (χ1) is 16.4. The number of ether oxygens (including phenoxy) is 2. The monoisotopic (exact) mass is 463 g/mol. The Kier molecular flexibility index (Phi) is 8.62. The Morgan fingerprint density at radius 1 is 0.735 bits per heavy atom. The van der Waals surface area contributed by atoms with E-state index in [4.69, 9.17) is 14.6 Å². The zero-order chi connectivity index (χ0) is 24.3. The number of amides is 1. The molecule has 8 heteroatoms. The Balaban J connectivity index is 1.43. The number of hydrogen-bond acceptors (Lipinski definition) is 5. The molecule has 3 rings (SSSR count). The van der Waals surface area contributed by atoms with Gasteiger partial charge in [-0.3, -0.25) is 4.79 Å². The minimum Gasteiger partial charge on any atom is -0.494 e.